The van der Waals surface area contributed by atoms with Crippen molar-refractivity contribution >= 4 is 23.3 Å². The van der Waals surface area contributed by atoms with Gasteiger partial charge < -0.3 is 15.3 Å². The molecule has 0 aromatic heterocycles. The molecule has 1 aliphatic rings. The molecule has 0 amide bonds. The van der Waals surface area contributed by atoms with Gasteiger partial charge in [-0.25, -0.2) is 0 Å². The van der Waals surface area contributed by atoms with Gasteiger partial charge in [-0.2, -0.15) is 0 Å². The lowest BCUT2D eigenvalue weighted by Gasteiger charge is -2.34. The number of carboxylic acids is 1. The van der Waals surface area contributed by atoms with E-state index in [0.717, 1.165) is 17.8 Å². The zero-order chi connectivity index (χ0) is 12.4. The van der Waals surface area contributed by atoms with Crippen LogP contribution >= 0.6 is 11.6 Å². The second-order valence-corrected chi connectivity index (χ2v) is 4.58. The Balaban J connectivity index is 2.22. The number of rotatable bonds is 2. The van der Waals surface area contributed by atoms with Crippen molar-refractivity contribution in [3.05, 3.63) is 28.8 Å². The molecule has 4 nitrogen and oxygen atoms in total. The lowest BCUT2D eigenvalue weighted by molar-refractivity contribution is -0.139. The summed E-state index contributed by atoms with van der Waals surface area (Å²) in [6.45, 7) is 3.89. The van der Waals surface area contributed by atoms with Crippen LogP contribution in [0.15, 0.2) is 18.2 Å². The number of piperazine rings is 1. The van der Waals surface area contributed by atoms with Crippen LogP contribution in [0.25, 0.3) is 0 Å². The molecule has 2 rings (SSSR count). The number of carbonyl (C=O) groups is 1. The van der Waals surface area contributed by atoms with Crippen LogP contribution in [-0.4, -0.2) is 36.8 Å². The van der Waals surface area contributed by atoms with Gasteiger partial charge in [-0.05, 0) is 24.6 Å². The van der Waals surface area contributed by atoms with E-state index >= 15 is 0 Å². The summed E-state index contributed by atoms with van der Waals surface area (Å²) in [7, 11) is 0. The van der Waals surface area contributed by atoms with E-state index in [0.29, 0.717) is 18.1 Å². The van der Waals surface area contributed by atoms with Gasteiger partial charge in [0, 0.05) is 30.3 Å². The Bertz CT molecular complexity index is 437. The molecule has 0 spiro atoms. The summed E-state index contributed by atoms with van der Waals surface area (Å²) in [5, 5.41) is 12.7. The molecule has 1 unspecified atom stereocenters. The van der Waals surface area contributed by atoms with E-state index in [1.54, 1.807) is 0 Å². The van der Waals surface area contributed by atoms with E-state index in [1.165, 1.54) is 0 Å². The normalized spacial score (nSPS) is 20.4. The smallest absolute Gasteiger partial charge is 0.322 e. The highest BCUT2D eigenvalue weighted by molar-refractivity contribution is 6.31. The van der Waals surface area contributed by atoms with Gasteiger partial charge in [0.2, 0.25) is 0 Å². The number of nitrogens with zero attached hydrogens (tertiary/aromatic N) is 1. The van der Waals surface area contributed by atoms with Gasteiger partial charge in [0.05, 0.1) is 0 Å². The number of aliphatic carboxylic acids is 1. The van der Waals surface area contributed by atoms with E-state index in [1.807, 2.05) is 25.1 Å². The summed E-state index contributed by atoms with van der Waals surface area (Å²) in [6.07, 6.45) is 0. The highest BCUT2D eigenvalue weighted by Crippen LogP contribution is 2.27. The maximum Gasteiger partial charge on any atom is 0.322 e. The Hall–Kier alpha value is -1.26. The molecule has 0 bridgehead atoms. The number of carboxylic acid groups (broad SMARTS) is 1. The molecule has 1 aromatic carbocycles. The van der Waals surface area contributed by atoms with Crippen molar-refractivity contribution in [1.29, 1.82) is 0 Å². The lowest BCUT2D eigenvalue weighted by atomic mass is 10.1. The van der Waals surface area contributed by atoms with E-state index in [4.69, 9.17) is 16.7 Å². The zero-order valence-corrected chi connectivity index (χ0v) is 10.4. The minimum absolute atomic E-state index is 0.469. The molecule has 17 heavy (non-hydrogen) atoms. The molecule has 1 aromatic rings. The number of anilines is 1. The Kier molecular flexibility index (Phi) is 3.54. The number of halogens is 1. The number of hydrogen-bond acceptors (Lipinski definition) is 3. The quantitative estimate of drug-likeness (QED) is 0.840. The SMILES string of the molecule is Cc1c(Cl)cccc1N1CCNC(C(=O)O)C1. The van der Waals surface area contributed by atoms with Crippen molar-refractivity contribution < 1.29 is 9.90 Å². The summed E-state index contributed by atoms with van der Waals surface area (Å²) in [4.78, 5) is 13.0. The van der Waals surface area contributed by atoms with Crippen LogP contribution in [0.4, 0.5) is 5.69 Å². The molecular formula is C12H15ClN2O2. The molecule has 1 heterocycles. The van der Waals surface area contributed by atoms with E-state index in [2.05, 4.69) is 10.2 Å². The van der Waals surface area contributed by atoms with Crippen LogP contribution in [0.2, 0.25) is 5.02 Å². The second kappa shape index (κ2) is 4.94. The second-order valence-electron chi connectivity index (χ2n) is 4.17. The molecule has 1 aliphatic heterocycles. The van der Waals surface area contributed by atoms with E-state index in [-0.39, 0.29) is 0 Å². The molecule has 1 fully saturated rings. The van der Waals surface area contributed by atoms with Crippen molar-refractivity contribution in [2.75, 3.05) is 24.5 Å². The van der Waals surface area contributed by atoms with Crippen molar-refractivity contribution in [3.63, 3.8) is 0 Å². The van der Waals surface area contributed by atoms with Crippen LogP contribution in [0.5, 0.6) is 0 Å². The zero-order valence-electron chi connectivity index (χ0n) is 9.61. The van der Waals surface area contributed by atoms with Crippen molar-refractivity contribution in [2.24, 2.45) is 0 Å². The van der Waals surface area contributed by atoms with Gasteiger partial charge in [-0.1, -0.05) is 17.7 Å². The lowest BCUT2D eigenvalue weighted by Crippen LogP contribution is -2.54. The Labute approximate surface area is 105 Å². The highest BCUT2D eigenvalue weighted by Gasteiger charge is 2.25. The largest absolute Gasteiger partial charge is 0.480 e. The van der Waals surface area contributed by atoms with Crippen molar-refractivity contribution in [1.82, 2.24) is 5.32 Å². The molecular weight excluding hydrogens is 240 g/mol. The number of hydrogen-bond donors (Lipinski definition) is 2. The predicted octanol–water partition coefficient (Wildman–Crippen LogP) is 1.51. The minimum Gasteiger partial charge on any atom is -0.480 e. The Morgan fingerprint density at radius 3 is 3.06 bits per heavy atom. The van der Waals surface area contributed by atoms with Gasteiger partial charge in [0.25, 0.3) is 0 Å². The fourth-order valence-electron chi connectivity index (χ4n) is 2.07. The average Bonchev–Trinajstić information content (AvgIpc) is 2.33. The maximum absolute atomic E-state index is 11.0. The van der Waals surface area contributed by atoms with Gasteiger partial charge in [-0.15, -0.1) is 0 Å². The summed E-state index contributed by atoms with van der Waals surface area (Å²) in [5.41, 5.74) is 2.02. The molecule has 2 N–H and O–H groups in total. The summed E-state index contributed by atoms with van der Waals surface area (Å²) in [6, 6.07) is 5.20. The summed E-state index contributed by atoms with van der Waals surface area (Å²) >= 11 is 6.07. The number of benzene rings is 1. The van der Waals surface area contributed by atoms with Gasteiger partial charge >= 0.3 is 5.97 Å². The van der Waals surface area contributed by atoms with Crippen LogP contribution in [0.1, 0.15) is 5.56 Å². The molecule has 92 valence electrons. The molecule has 1 saturated heterocycles. The minimum atomic E-state index is -0.811. The van der Waals surface area contributed by atoms with Crippen LogP contribution in [0.3, 0.4) is 0 Å². The number of nitrogens with one attached hydrogen (secondary N) is 1. The van der Waals surface area contributed by atoms with Crippen LogP contribution < -0.4 is 10.2 Å². The van der Waals surface area contributed by atoms with Gasteiger partial charge in [0.1, 0.15) is 6.04 Å². The highest BCUT2D eigenvalue weighted by atomic mass is 35.5. The first-order valence-corrected chi connectivity index (χ1v) is 5.93. The third-order valence-corrected chi connectivity index (χ3v) is 3.46. The summed E-state index contributed by atoms with van der Waals surface area (Å²) in [5.74, 6) is -0.811. The fourth-order valence-corrected chi connectivity index (χ4v) is 2.24. The topological polar surface area (TPSA) is 52.6 Å². The van der Waals surface area contributed by atoms with Gasteiger partial charge in [-0.3, -0.25) is 4.79 Å². The monoisotopic (exact) mass is 254 g/mol. The molecule has 5 heteroatoms. The summed E-state index contributed by atoms with van der Waals surface area (Å²) < 4.78 is 0. The molecule has 0 saturated carbocycles. The average molecular weight is 255 g/mol. The van der Waals surface area contributed by atoms with E-state index < -0.39 is 12.0 Å². The maximum atomic E-state index is 11.0. The van der Waals surface area contributed by atoms with Crippen LogP contribution in [0, 0.1) is 6.92 Å². The van der Waals surface area contributed by atoms with Crippen molar-refractivity contribution in [2.45, 2.75) is 13.0 Å². The fraction of sp³-hybridized carbons (Fsp3) is 0.417. The third kappa shape index (κ3) is 2.53. The Morgan fingerprint density at radius 2 is 2.35 bits per heavy atom. The van der Waals surface area contributed by atoms with Crippen molar-refractivity contribution in [3.8, 4) is 0 Å². The standard InChI is InChI=1S/C12H15ClN2O2/c1-8-9(13)3-2-4-11(8)15-6-5-14-10(7-15)12(16)17/h2-4,10,14H,5-7H2,1H3,(H,16,17). The molecule has 0 aliphatic carbocycles. The first-order valence-electron chi connectivity index (χ1n) is 5.56. The van der Waals surface area contributed by atoms with E-state index in [9.17, 15) is 4.79 Å². The Morgan fingerprint density at radius 1 is 1.59 bits per heavy atom. The molecule has 1 atom stereocenters. The first kappa shape index (κ1) is 12.2. The van der Waals surface area contributed by atoms with Gasteiger partial charge in [0.15, 0.2) is 0 Å². The first-order chi connectivity index (χ1) is 8.09. The van der Waals surface area contributed by atoms with Crippen LogP contribution in [-0.2, 0) is 4.79 Å². The predicted molar refractivity (Wildman–Crippen MR) is 67.8 cm³/mol. The molecule has 0 radical (unpaired) electrons. The third-order valence-electron chi connectivity index (χ3n) is 3.05.